The van der Waals surface area contributed by atoms with Crippen molar-refractivity contribution in [1.82, 2.24) is 0 Å². The van der Waals surface area contributed by atoms with Crippen LogP contribution in [-0.4, -0.2) is 25.5 Å². The fourth-order valence-corrected chi connectivity index (χ4v) is 3.18. The van der Waals surface area contributed by atoms with Crippen molar-refractivity contribution in [2.75, 3.05) is 23.9 Å². The summed E-state index contributed by atoms with van der Waals surface area (Å²) in [5.74, 6) is 0.740. The summed E-state index contributed by atoms with van der Waals surface area (Å²) in [6.07, 6.45) is 0.865. The number of nitrogens with zero attached hydrogens (tertiary/aromatic N) is 1. The Labute approximate surface area is 140 Å². The van der Waals surface area contributed by atoms with Crippen LogP contribution >= 0.6 is 0 Å². The summed E-state index contributed by atoms with van der Waals surface area (Å²) in [6.45, 7) is -0.00749. The van der Waals surface area contributed by atoms with E-state index in [4.69, 9.17) is 4.74 Å². The molecular weight excluding hydrogens is 304 g/mol. The van der Waals surface area contributed by atoms with E-state index < -0.39 is 0 Å². The summed E-state index contributed by atoms with van der Waals surface area (Å²) in [6, 6.07) is 15.5. The largest absolute Gasteiger partial charge is 0.479 e. The van der Waals surface area contributed by atoms with Crippen molar-refractivity contribution in [2.24, 2.45) is 5.92 Å². The Morgan fingerprint density at radius 3 is 2.75 bits per heavy atom. The van der Waals surface area contributed by atoms with Gasteiger partial charge >= 0.3 is 0 Å². The molecule has 0 spiro atoms. The van der Waals surface area contributed by atoms with Crippen LogP contribution in [0.5, 0.6) is 5.75 Å². The Hall–Kier alpha value is -2.82. The monoisotopic (exact) mass is 322 g/mol. The molecule has 0 saturated heterocycles. The van der Waals surface area contributed by atoms with Gasteiger partial charge in [0.05, 0.1) is 11.4 Å². The number of para-hydroxylation sites is 1. The molecule has 1 saturated carbocycles. The zero-order chi connectivity index (χ0) is 16.7. The van der Waals surface area contributed by atoms with Crippen molar-refractivity contribution >= 4 is 23.2 Å². The molecule has 2 amide bonds. The van der Waals surface area contributed by atoms with E-state index in [1.54, 1.807) is 18.0 Å². The highest BCUT2D eigenvalue weighted by molar-refractivity contribution is 6.02. The van der Waals surface area contributed by atoms with Crippen LogP contribution in [0.2, 0.25) is 0 Å². The first-order valence-electron chi connectivity index (χ1n) is 8.03. The summed E-state index contributed by atoms with van der Waals surface area (Å²) in [5.41, 5.74) is 2.50. The molecule has 0 radical (unpaired) electrons. The van der Waals surface area contributed by atoms with Crippen LogP contribution in [0.15, 0.2) is 48.5 Å². The lowest BCUT2D eigenvalue weighted by atomic mass is 10.1. The van der Waals surface area contributed by atoms with Gasteiger partial charge in [-0.1, -0.05) is 36.4 Å². The quantitative estimate of drug-likeness (QED) is 0.945. The van der Waals surface area contributed by atoms with Gasteiger partial charge in [0.15, 0.2) is 12.4 Å². The summed E-state index contributed by atoms with van der Waals surface area (Å²) < 4.78 is 5.54. The maximum absolute atomic E-state index is 12.5. The van der Waals surface area contributed by atoms with Gasteiger partial charge in [-0.2, -0.15) is 0 Å². The molecule has 2 aromatic carbocycles. The molecule has 1 N–H and O–H groups in total. The highest BCUT2D eigenvalue weighted by Gasteiger charge is 2.44. The van der Waals surface area contributed by atoms with Crippen LogP contribution in [-0.2, 0) is 9.59 Å². The number of benzene rings is 2. The van der Waals surface area contributed by atoms with Crippen LogP contribution in [0.25, 0.3) is 0 Å². The van der Waals surface area contributed by atoms with Crippen molar-refractivity contribution < 1.29 is 14.3 Å². The topological polar surface area (TPSA) is 58.6 Å². The van der Waals surface area contributed by atoms with Crippen molar-refractivity contribution in [3.63, 3.8) is 0 Å². The Bertz CT molecular complexity index is 804. The summed E-state index contributed by atoms with van der Waals surface area (Å²) in [7, 11) is 1.71. The Morgan fingerprint density at radius 1 is 1.17 bits per heavy atom. The first kappa shape index (κ1) is 14.8. The van der Waals surface area contributed by atoms with Crippen LogP contribution in [0.4, 0.5) is 11.4 Å². The maximum Gasteiger partial charge on any atom is 0.264 e. The van der Waals surface area contributed by atoms with Crippen molar-refractivity contribution in [1.29, 1.82) is 0 Å². The van der Waals surface area contributed by atoms with E-state index in [0.717, 1.165) is 6.42 Å². The van der Waals surface area contributed by atoms with Gasteiger partial charge in [-0.05, 0) is 30.0 Å². The number of amides is 2. The van der Waals surface area contributed by atoms with Crippen molar-refractivity contribution in [3.8, 4) is 5.75 Å². The standard InChI is InChI=1S/C19H18N2O3/c1-21-16-9-5-8-15(18(16)24-11-17(21)22)20-19(23)14-10-13(14)12-6-3-2-4-7-12/h2-9,13-14H,10-11H2,1H3,(H,20,23). The molecule has 2 aromatic rings. The smallest absolute Gasteiger partial charge is 0.264 e. The molecule has 1 aliphatic heterocycles. The van der Waals surface area contributed by atoms with Crippen LogP contribution in [0.1, 0.15) is 17.9 Å². The van der Waals surface area contributed by atoms with Gasteiger partial charge in [-0.25, -0.2) is 0 Å². The van der Waals surface area contributed by atoms with Crippen molar-refractivity contribution in [2.45, 2.75) is 12.3 Å². The molecule has 1 heterocycles. The molecule has 2 unspecified atom stereocenters. The average Bonchev–Trinajstić information content (AvgIpc) is 3.40. The second-order valence-corrected chi connectivity index (χ2v) is 6.24. The van der Waals surface area contributed by atoms with Crippen LogP contribution < -0.4 is 15.0 Å². The fourth-order valence-electron chi connectivity index (χ4n) is 3.18. The number of hydrogen-bond donors (Lipinski definition) is 1. The number of ether oxygens (including phenoxy) is 1. The second-order valence-electron chi connectivity index (χ2n) is 6.24. The predicted molar refractivity (Wildman–Crippen MR) is 91.3 cm³/mol. The lowest BCUT2D eigenvalue weighted by molar-refractivity contribution is -0.121. The second kappa shape index (κ2) is 5.67. The molecule has 5 nitrogen and oxygen atoms in total. The number of carbonyl (C=O) groups is 2. The highest BCUT2D eigenvalue weighted by atomic mass is 16.5. The van der Waals surface area contributed by atoms with Crippen LogP contribution in [0, 0.1) is 5.92 Å². The minimum atomic E-state index is -0.0997. The molecule has 1 aliphatic carbocycles. The van der Waals surface area contributed by atoms with Gasteiger partial charge in [0.2, 0.25) is 5.91 Å². The lowest BCUT2D eigenvalue weighted by Gasteiger charge is -2.27. The van der Waals surface area contributed by atoms with Gasteiger partial charge < -0.3 is 15.0 Å². The van der Waals surface area contributed by atoms with E-state index >= 15 is 0 Å². The average molecular weight is 322 g/mol. The zero-order valence-corrected chi connectivity index (χ0v) is 13.4. The first-order valence-corrected chi connectivity index (χ1v) is 8.03. The van der Waals surface area contributed by atoms with E-state index in [1.165, 1.54) is 5.56 Å². The molecule has 1 fully saturated rings. The van der Waals surface area contributed by atoms with Gasteiger partial charge in [0.25, 0.3) is 5.91 Å². The van der Waals surface area contributed by atoms with Gasteiger partial charge in [-0.15, -0.1) is 0 Å². The Balaban J connectivity index is 1.51. The number of carbonyl (C=O) groups excluding carboxylic acids is 2. The third-order valence-electron chi connectivity index (χ3n) is 4.68. The number of fused-ring (bicyclic) bond motifs is 1. The lowest BCUT2D eigenvalue weighted by Crippen LogP contribution is -2.35. The van der Waals surface area contributed by atoms with Crippen molar-refractivity contribution in [3.05, 3.63) is 54.1 Å². The minimum Gasteiger partial charge on any atom is -0.479 e. The minimum absolute atomic E-state index is 0.000376. The Morgan fingerprint density at radius 2 is 1.96 bits per heavy atom. The number of rotatable bonds is 3. The summed E-state index contributed by atoms with van der Waals surface area (Å²) in [4.78, 5) is 25.8. The predicted octanol–water partition coefficient (Wildman–Crippen LogP) is 2.78. The zero-order valence-electron chi connectivity index (χ0n) is 13.4. The molecule has 122 valence electrons. The molecule has 0 bridgehead atoms. The fraction of sp³-hybridized carbons (Fsp3) is 0.263. The maximum atomic E-state index is 12.5. The number of hydrogen-bond acceptors (Lipinski definition) is 3. The molecule has 24 heavy (non-hydrogen) atoms. The molecule has 2 aliphatic rings. The normalized spacial score (nSPS) is 21.7. The van der Waals surface area contributed by atoms with Gasteiger partial charge in [-0.3, -0.25) is 9.59 Å². The van der Waals surface area contributed by atoms with E-state index in [0.29, 0.717) is 17.1 Å². The molecule has 0 aromatic heterocycles. The number of anilines is 2. The summed E-state index contributed by atoms with van der Waals surface area (Å²) >= 11 is 0. The highest BCUT2D eigenvalue weighted by Crippen LogP contribution is 2.48. The third-order valence-corrected chi connectivity index (χ3v) is 4.68. The van der Waals surface area contributed by atoms with E-state index in [9.17, 15) is 9.59 Å². The SMILES string of the molecule is CN1C(=O)COc2c(NC(=O)C3CC3c3ccccc3)cccc21. The summed E-state index contributed by atoms with van der Waals surface area (Å²) in [5, 5.41) is 2.97. The Kier molecular flexibility index (Phi) is 3.49. The van der Waals surface area contributed by atoms with Crippen LogP contribution in [0.3, 0.4) is 0 Å². The molecule has 2 atom stereocenters. The third kappa shape index (κ3) is 2.52. The first-order chi connectivity index (χ1) is 11.6. The number of likely N-dealkylation sites (N-methyl/N-ethyl adjacent to an activating group) is 1. The van der Waals surface area contributed by atoms with E-state index in [2.05, 4.69) is 17.4 Å². The van der Waals surface area contributed by atoms with Gasteiger partial charge in [0, 0.05) is 13.0 Å². The van der Waals surface area contributed by atoms with E-state index in [-0.39, 0.29) is 30.3 Å². The molecular formula is C19H18N2O3. The molecule has 5 heteroatoms. The van der Waals surface area contributed by atoms with E-state index in [1.807, 2.05) is 30.3 Å². The number of nitrogens with one attached hydrogen (secondary N) is 1. The van der Waals surface area contributed by atoms with Gasteiger partial charge in [0.1, 0.15) is 0 Å². The molecule has 4 rings (SSSR count).